The number of anilines is 1. The van der Waals surface area contributed by atoms with E-state index in [9.17, 15) is 0 Å². The van der Waals surface area contributed by atoms with Gasteiger partial charge in [-0.1, -0.05) is 6.42 Å². The SMILES string of the molecule is COc1cscc1CN1CCCCc2nc(N3CCN(C4CCC4)CC3)ncc2CC1. The smallest absolute Gasteiger partial charge is 0.225 e. The van der Waals surface area contributed by atoms with Crippen LogP contribution in [-0.4, -0.2) is 72.2 Å². The van der Waals surface area contributed by atoms with E-state index < -0.39 is 0 Å². The number of aromatic nitrogens is 2. The summed E-state index contributed by atoms with van der Waals surface area (Å²) in [5.74, 6) is 1.97. The molecule has 3 aliphatic rings. The van der Waals surface area contributed by atoms with Gasteiger partial charge in [0.2, 0.25) is 5.95 Å². The molecule has 0 unspecified atom stereocenters. The van der Waals surface area contributed by atoms with E-state index in [4.69, 9.17) is 14.7 Å². The Kier molecular flexibility index (Phi) is 6.72. The molecule has 1 saturated heterocycles. The molecule has 2 fully saturated rings. The van der Waals surface area contributed by atoms with Gasteiger partial charge in [0.25, 0.3) is 0 Å². The summed E-state index contributed by atoms with van der Waals surface area (Å²) < 4.78 is 5.52. The third-order valence-electron chi connectivity index (χ3n) is 7.28. The first-order chi connectivity index (χ1) is 15.3. The Morgan fingerprint density at radius 1 is 1.00 bits per heavy atom. The minimum absolute atomic E-state index is 0.847. The standard InChI is InChI=1S/C24H35N5OS/c1-30-23-18-31-17-20(23)16-27-9-3-2-7-22-19(8-10-27)15-25-24(26-22)29-13-11-28(12-14-29)21-5-4-6-21/h15,17-18,21H,2-14,16H2,1H3. The highest BCUT2D eigenvalue weighted by atomic mass is 32.1. The molecule has 1 aliphatic carbocycles. The van der Waals surface area contributed by atoms with Crippen molar-refractivity contribution in [1.29, 1.82) is 0 Å². The van der Waals surface area contributed by atoms with E-state index in [0.717, 1.165) is 76.4 Å². The minimum atomic E-state index is 0.847. The van der Waals surface area contributed by atoms with Crippen LogP contribution in [0.15, 0.2) is 17.0 Å². The van der Waals surface area contributed by atoms with Crippen molar-refractivity contribution in [3.05, 3.63) is 33.8 Å². The molecule has 2 aromatic rings. The maximum atomic E-state index is 5.52. The van der Waals surface area contributed by atoms with Crippen molar-refractivity contribution < 1.29 is 4.74 Å². The topological polar surface area (TPSA) is 44.7 Å². The molecular formula is C24H35N5OS. The number of methoxy groups -OCH3 is 1. The van der Waals surface area contributed by atoms with Crippen LogP contribution < -0.4 is 9.64 Å². The second kappa shape index (κ2) is 9.84. The van der Waals surface area contributed by atoms with Crippen LogP contribution in [-0.2, 0) is 19.4 Å². The maximum absolute atomic E-state index is 5.52. The van der Waals surface area contributed by atoms with Crippen LogP contribution in [0.1, 0.15) is 48.9 Å². The van der Waals surface area contributed by atoms with Gasteiger partial charge in [0.05, 0.1) is 7.11 Å². The summed E-state index contributed by atoms with van der Waals surface area (Å²) in [4.78, 5) is 17.5. The largest absolute Gasteiger partial charge is 0.496 e. The Morgan fingerprint density at radius 3 is 2.65 bits per heavy atom. The van der Waals surface area contributed by atoms with Crippen molar-refractivity contribution in [2.75, 3.05) is 51.3 Å². The summed E-state index contributed by atoms with van der Waals surface area (Å²) in [5, 5.41) is 4.32. The number of ether oxygens (including phenoxy) is 1. The molecule has 0 aromatic carbocycles. The number of fused-ring (bicyclic) bond motifs is 1. The number of rotatable bonds is 5. The van der Waals surface area contributed by atoms with E-state index in [1.54, 1.807) is 18.4 Å². The maximum Gasteiger partial charge on any atom is 0.225 e. The lowest BCUT2D eigenvalue weighted by atomic mass is 9.91. The summed E-state index contributed by atoms with van der Waals surface area (Å²) in [6.45, 7) is 7.59. The van der Waals surface area contributed by atoms with Crippen LogP contribution in [0.5, 0.6) is 5.75 Å². The van der Waals surface area contributed by atoms with Crippen molar-refractivity contribution in [3.8, 4) is 5.75 Å². The minimum Gasteiger partial charge on any atom is -0.496 e. The molecule has 0 bridgehead atoms. The van der Waals surface area contributed by atoms with E-state index in [1.165, 1.54) is 48.9 Å². The Labute approximate surface area is 190 Å². The van der Waals surface area contributed by atoms with Gasteiger partial charge in [0.15, 0.2) is 0 Å². The van der Waals surface area contributed by atoms with Crippen molar-refractivity contribution in [3.63, 3.8) is 0 Å². The first-order valence-corrected chi connectivity index (χ1v) is 12.9. The predicted octanol–water partition coefficient (Wildman–Crippen LogP) is 3.60. The number of nitrogens with zero attached hydrogens (tertiary/aromatic N) is 5. The highest BCUT2D eigenvalue weighted by molar-refractivity contribution is 7.08. The monoisotopic (exact) mass is 441 g/mol. The van der Waals surface area contributed by atoms with Gasteiger partial charge in [0, 0.05) is 68.1 Å². The van der Waals surface area contributed by atoms with E-state index in [1.807, 2.05) is 0 Å². The first-order valence-electron chi connectivity index (χ1n) is 12.0. The molecule has 168 valence electrons. The first kappa shape index (κ1) is 21.2. The third kappa shape index (κ3) is 4.89. The van der Waals surface area contributed by atoms with Crippen LogP contribution in [0.2, 0.25) is 0 Å². The summed E-state index contributed by atoms with van der Waals surface area (Å²) in [7, 11) is 1.77. The Bertz CT molecular complexity index is 859. The molecule has 31 heavy (non-hydrogen) atoms. The molecule has 0 amide bonds. The number of hydrogen-bond donors (Lipinski definition) is 0. The summed E-state index contributed by atoms with van der Waals surface area (Å²) in [6, 6.07) is 0.847. The molecule has 0 N–H and O–H groups in total. The highest BCUT2D eigenvalue weighted by Gasteiger charge is 2.28. The second-order valence-corrected chi connectivity index (χ2v) is 9.94. The molecule has 2 aliphatic heterocycles. The normalized spacial score (nSPS) is 21.6. The van der Waals surface area contributed by atoms with Gasteiger partial charge in [-0.3, -0.25) is 9.80 Å². The third-order valence-corrected chi connectivity index (χ3v) is 8.05. The van der Waals surface area contributed by atoms with Gasteiger partial charge in [-0.05, 0) is 56.0 Å². The fourth-order valence-corrected chi connectivity index (χ4v) is 5.87. The molecule has 5 rings (SSSR count). The quantitative estimate of drug-likeness (QED) is 0.706. The lowest BCUT2D eigenvalue weighted by Crippen LogP contribution is -2.52. The molecule has 7 heteroatoms. The predicted molar refractivity (Wildman–Crippen MR) is 126 cm³/mol. The molecule has 0 atom stereocenters. The van der Waals surface area contributed by atoms with E-state index >= 15 is 0 Å². The Hall–Kier alpha value is -1.70. The summed E-state index contributed by atoms with van der Waals surface area (Å²) in [5.41, 5.74) is 3.92. The number of thiophene rings is 1. The Balaban J connectivity index is 1.22. The van der Waals surface area contributed by atoms with E-state index in [2.05, 4.69) is 31.7 Å². The Morgan fingerprint density at radius 2 is 1.87 bits per heavy atom. The lowest BCUT2D eigenvalue weighted by molar-refractivity contribution is 0.120. The molecule has 2 aromatic heterocycles. The molecule has 1 saturated carbocycles. The fourth-order valence-electron chi connectivity index (χ4n) is 5.07. The van der Waals surface area contributed by atoms with E-state index in [0.29, 0.717) is 0 Å². The number of piperazine rings is 1. The average Bonchev–Trinajstić information content (AvgIpc) is 3.24. The van der Waals surface area contributed by atoms with Gasteiger partial charge in [-0.15, -0.1) is 11.3 Å². The van der Waals surface area contributed by atoms with Crippen molar-refractivity contribution in [1.82, 2.24) is 19.8 Å². The van der Waals surface area contributed by atoms with Crippen molar-refractivity contribution >= 4 is 17.3 Å². The van der Waals surface area contributed by atoms with Crippen LogP contribution in [0.4, 0.5) is 5.95 Å². The van der Waals surface area contributed by atoms with Gasteiger partial charge in [-0.25, -0.2) is 9.97 Å². The van der Waals surface area contributed by atoms with Crippen molar-refractivity contribution in [2.45, 2.75) is 57.5 Å². The molecule has 0 radical (unpaired) electrons. The average molecular weight is 442 g/mol. The van der Waals surface area contributed by atoms with Gasteiger partial charge >= 0.3 is 0 Å². The number of aryl methyl sites for hydroxylation is 1. The fraction of sp³-hybridized carbons (Fsp3) is 0.667. The zero-order valence-corrected chi connectivity index (χ0v) is 19.6. The lowest BCUT2D eigenvalue weighted by Gasteiger charge is -2.43. The molecule has 4 heterocycles. The van der Waals surface area contributed by atoms with Crippen LogP contribution in [0.3, 0.4) is 0 Å². The van der Waals surface area contributed by atoms with Gasteiger partial charge in [-0.2, -0.15) is 0 Å². The van der Waals surface area contributed by atoms with Crippen LogP contribution >= 0.6 is 11.3 Å². The summed E-state index contributed by atoms with van der Waals surface area (Å²) >= 11 is 1.72. The molecular weight excluding hydrogens is 406 g/mol. The zero-order chi connectivity index (χ0) is 21.0. The van der Waals surface area contributed by atoms with Gasteiger partial charge in [0.1, 0.15) is 5.75 Å². The van der Waals surface area contributed by atoms with Crippen molar-refractivity contribution in [2.24, 2.45) is 0 Å². The second-order valence-electron chi connectivity index (χ2n) is 9.20. The zero-order valence-electron chi connectivity index (χ0n) is 18.8. The van der Waals surface area contributed by atoms with Crippen LogP contribution in [0, 0.1) is 0 Å². The molecule has 6 nitrogen and oxygen atoms in total. The number of hydrogen-bond acceptors (Lipinski definition) is 7. The summed E-state index contributed by atoms with van der Waals surface area (Å²) in [6.07, 6.45) is 10.8. The van der Waals surface area contributed by atoms with E-state index in [-0.39, 0.29) is 0 Å². The van der Waals surface area contributed by atoms with Gasteiger partial charge < -0.3 is 9.64 Å². The molecule has 0 spiro atoms. The van der Waals surface area contributed by atoms with Crippen LogP contribution in [0.25, 0.3) is 0 Å². The highest BCUT2D eigenvalue weighted by Crippen LogP contribution is 2.27.